The minimum Gasteiger partial charge on any atom is -0.484 e. The Labute approximate surface area is 136 Å². The number of aromatic nitrogens is 1. The quantitative estimate of drug-likeness (QED) is 0.378. The summed E-state index contributed by atoms with van der Waals surface area (Å²) in [4.78, 5) is 15.2. The standard InChI is InChI=1S/C14H11F6N3O2/c1-6-2-10(12(24)23-21)22-11-8(6)3-7(25-5-13(15,16)17)4-9(11)14(18,19)20/h2-4H,5,21H2,1H3,(H,23,24). The van der Waals surface area contributed by atoms with E-state index in [0.29, 0.717) is 6.07 Å². The summed E-state index contributed by atoms with van der Waals surface area (Å²) < 4.78 is 80.9. The molecule has 0 bridgehead atoms. The molecule has 0 saturated carbocycles. The summed E-state index contributed by atoms with van der Waals surface area (Å²) in [5.74, 6) is 3.42. The Morgan fingerprint density at radius 1 is 1.20 bits per heavy atom. The molecule has 2 rings (SSSR count). The number of halogens is 6. The minimum atomic E-state index is -4.92. The molecule has 2 aromatic rings. The van der Waals surface area contributed by atoms with Crippen molar-refractivity contribution in [1.29, 1.82) is 0 Å². The fourth-order valence-corrected chi connectivity index (χ4v) is 2.12. The van der Waals surface area contributed by atoms with Crippen molar-refractivity contribution >= 4 is 16.8 Å². The number of ether oxygens (including phenoxy) is 1. The van der Waals surface area contributed by atoms with Crippen LogP contribution in [0.4, 0.5) is 26.3 Å². The second kappa shape index (κ2) is 6.39. The molecule has 3 N–H and O–H groups in total. The first kappa shape index (κ1) is 18.8. The van der Waals surface area contributed by atoms with Gasteiger partial charge in [0.15, 0.2) is 6.61 Å². The summed E-state index contributed by atoms with van der Waals surface area (Å²) >= 11 is 0. The molecule has 0 unspecified atom stereocenters. The van der Waals surface area contributed by atoms with E-state index in [4.69, 9.17) is 5.84 Å². The van der Waals surface area contributed by atoms with Crippen LogP contribution in [0.15, 0.2) is 18.2 Å². The van der Waals surface area contributed by atoms with E-state index in [-0.39, 0.29) is 16.6 Å². The molecule has 25 heavy (non-hydrogen) atoms. The van der Waals surface area contributed by atoms with Gasteiger partial charge in [-0.25, -0.2) is 10.8 Å². The largest absolute Gasteiger partial charge is 0.484 e. The molecular weight excluding hydrogens is 356 g/mol. The molecule has 0 fully saturated rings. The first-order valence-electron chi connectivity index (χ1n) is 6.65. The molecule has 1 heterocycles. The zero-order valence-corrected chi connectivity index (χ0v) is 12.5. The van der Waals surface area contributed by atoms with E-state index in [1.54, 1.807) is 5.43 Å². The monoisotopic (exact) mass is 367 g/mol. The highest BCUT2D eigenvalue weighted by atomic mass is 19.4. The molecule has 136 valence electrons. The number of hydrazine groups is 1. The molecule has 0 radical (unpaired) electrons. The van der Waals surface area contributed by atoms with Crippen LogP contribution in [0.5, 0.6) is 5.75 Å². The number of aryl methyl sites for hydroxylation is 1. The third kappa shape index (κ3) is 4.29. The van der Waals surface area contributed by atoms with Crippen LogP contribution in [0, 0.1) is 6.92 Å². The maximum Gasteiger partial charge on any atom is 0.422 e. The molecule has 0 aliphatic heterocycles. The first-order chi connectivity index (χ1) is 11.4. The van der Waals surface area contributed by atoms with Gasteiger partial charge in [0, 0.05) is 5.39 Å². The van der Waals surface area contributed by atoms with Crippen molar-refractivity contribution < 1.29 is 35.9 Å². The van der Waals surface area contributed by atoms with Crippen molar-refractivity contribution in [2.24, 2.45) is 5.84 Å². The van der Waals surface area contributed by atoms with E-state index >= 15 is 0 Å². The van der Waals surface area contributed by atoms with E-state index in [1.807, 2.05) is 0 Å². The van der Waals surface area contributed by atoms with Crippen LogP contribution in [0.1, 0.15) is 21.6 Å². The molecule has 1 amide bonds. The third-order valence-corrected chi connectivity index (χ3v) is 3.17. The van der Waals surface area contributed by atoms with Crippen LogP contribution in [0.2, 0.25) is 0 Å². The molecule has 1 aromatic carbocycles. The normalized spacial score (nSPS) is 12.3. The van der Waals surface area contributed by atoms with Gasteiger partial charge < -0.3 is 4.74 Å². The van der Waals surface area contributed by atoms with Crippen LogP contribution in [-0.4, -0.2) is 23.7 Å². The van der Waals surface area contributed by atoms with Crippen LogP contribution in [0.25, 0.3) is 10.9 Å². The summed E-state index contributed by atoms with van der Waals surface area (Å²) in [7, 11) is 0. The van der Waals surface area contributed by atoms with E-state index in [9.17, 15) is 31.1 Å². The topological polar surface area (TPSA) is 77.2 Å². The van der Waals surface area contributed by atoms with Gasteiger partial charge in [0.25, 0.3) is 5.91 Å². The lowest BCUT2D eigenvalue weighted by molar-refractivity contribution is -0.153. The average Bonchev–Trinajstić information content (AvgIpc) is 2.50. The highest BCUT2D eigenvalue weighted by Crippen LogP contribution is 2.38. The molecule has 0 aliphatic carbocycles. The number of nitrogens with zero attached hydrogens (tertiary/aromatic N) is 1. The Bertz CT molecular complexity index is 817. The van der Waals surface area contributed by atoms with E-state index < -0.39 is 41.7 Å². The third-order valence-electron chi connectivity index (χ3n) is 3.17. The Hall–Kier alpha value is -2.56. The summed E-state index contributed by atoms with van der Waals surface area (Å²) in [5.41, 5.74) is -0.340. The number of nitrogens with two attached hydrogens (primary N) is 1. The number of nitrogen functional groups attached to an aromatic ring is 1. The number of rotatable bonds is 3. The van der Waals surface area contributed by atoms with Crippen LogP contribution in [-0.2, 0) is 6.18 Å². The Kier molecular flexibility index (Phi) is 4.80. The lowest BCUT2D eigenvalue weighted by atomic mass is 10.0. The van der Waals surface area contributed by atoms with Crippen molar-refractivity contribution in [3.63, 3.8) is 0 Å². The SMILES string of the molecule is Cc1cc(C(=O)NN)nc2c(C(F)(F)F)cc(OCC(F)(F)F)cc12. The molecule has 0 aliphatic rings. The highest BCUT2D eigenvalue weighted by molar-refractivity contribution is 5.96. The maximum absolute atomic E-state index is 13.3. The Morgan fingerprint density at radius 2 is 1.84 bits per heavy atom. The second-order valence-corrected chi connectivity index (χ2v) is 5.07. The summed E-state index contributed by atoms with van der Waals surface area (Å²) in [6.07, 6.45) is -9.63. The van der Waals surface area contributed by atoms with E-state index in [2.05, 4.69) is 9.72 Å². The second-order valence-electron chi connectivity index (χ2n) is 5.07. The average molecular weight is 367 g/mol. The minimum absolute atomic E-state index is 0.0967. The molecule has 0 spiro atoms. The lowest BCUT2D eigenvalue weighted by Gasteiger charge is -2.16. The number of hydrogen-bond acceptors (Lipinski definition) is 4. The van der Waals surface area contributed by atoms with Crippen molar-refractivity contribution in [2.75, 3.05) is 6.61 Å². The number of amides is 1. The molecular formula is C14H11F6N3O2. The Balaban J connectivity index is 2.67. The smallest absolute Gasteiger partial charge is 0.422 e. The van der Waals surface area contributed by atoms with Crippen LogP contribution < -0.4 is 16.0 Å². The van der Waals surface area contributed by atoms with E-state index in [0.717, 1.165) is 12.1 Å². The van der Waals surface area contributed by atoms with Crippen LogP contribution in [0.3, 0.4) is 0 Å². The molecule has 0 atom stereocenters. The van der Waals surface area contributed by atoms with Gasteiger partial charge in [0.05, 0.1) is 11.1 Å². The first-order valence-corrected chi connectivity index (χ1v) is 6.65. The zero-order chi connectivity index (χ0) is 19.0. The fraction of sp³-hybridized carbons (Fsp3) is 0.286. The van der Waals surface area contributed by atoms with Gasteiger partial charge in [0.1, 0.15) is 11.4 Å². The number of pyridine rings is 1. The summed E-state index contributed by atoms with van der Waals surface area (Å²) in [5, 5.41) is -0.0967. The van der Waals surface area contributed by atoms with Gasteiger partial charge in [0.2, 0.25) is 0 Å². The highest BCUT2D eigenvalue weighted by Gasteiger charge is 2.35. The van der Waals surface area contributed by atoms with Gasteiger partial charge in [-0.15, -0.1) is 0 Å². The zero-order valence-electron chi connectivity index (χ0n) is 12.5. The fourth-order valence-electron chi connectivity index (χ4n) is 2.12. The number of alkyl halides is 6. The number of nitrogens with one attached hydrogen (secondary N) is 1. The molecule has 11 heteroatoms. The summed E-state index contributed by atoms with van der Waals surface area (Å²) in [6, 6.07) is 2.58. The maximum atomic E-state index is 13.3. The van der Waals surface area contributed by atoms with Crippen molar-refractivity contribution in [2.45, 2.75) is 19.3 Å². The molecule has 0 saturated heterocycles. The molecule has 1 aromatic heterocycles. The van der Waals surface area contributed by atoms with Gasteiger partial charge in [-0.1, -0.05) is 0 Å². The summed E-state index contributed by atoms with van der Waals surface area (Å²) in [6.45, 7) is -0.360. The number of carbonyl (C=O) groups is 1. The predicted molar refractivity (Wildman–Crippen MR) is 74.7 cm³/mol. The van der Waals surface area contributed by atoms with Gasteiger partial charge in [-0.05, 0) is 30.7 Å². The van der Waals surface area contributed by atoms with Gasteiger partial charge >= 0.3 is 12.4 Å². The number of carbonyl (C=O) groups excluding carboxylic acids is 1. The van der Waals surface area contributed by atoms with E-state index in [1.165, 1.54) is 6.92 Å². The number of fused-ring (bicyclic) bond motifs is 1. The Morgan fingerprint density at radius 3 is 2.36 bits per heavy atom. The van der Waals surface area contributed by atoms with Gasteiger partial charge in [-0.2, -0.15) is 26.3 Å². The van der Waals surface area contributed by atoms with Crippen LogP contribution >= 0.6 is 0 Å². The number of benzene rings is 1. The number of hydrogen-bond donors (Lipinski definition) is 2. The van der Waals surface area contributed by atoms with Crippen molar-refractivity contribution in [3.8, 4) is 5.75 Å². The molecule has 5 nitrogen and oxygen atoms in total. The van der Waals surface area contributed by atoms with Gasteiger partial charge in [-0.3, -0.25) is 10.2 Å². The van der Waals surface area contributed by atoms with Crippen molar-refractivity contribution in [3.05, 3.63) is 35.0 Å². The lowest BCUT2D eigenvalue weighted by Crippen LogP contribution is -2.30. The van der Waals surface area contributed by atoms with Crippen molar-refractivity contribution in [1.82, 2.24) is 10.4 Å². The predicted octanol–water partition coefficient (Wildman–Crippen LogP) is 3.11.